The fourth-order valence-electron chi connectivity index (χ4n) is 4.53. The Kier molecular flexibility index (Phi) is 6.76. The van der Waals surface area contributed by atoms with Crippen molar-refractivity contribution in [2.75, 3.05) is 17.8 Å². The van der Waals surface area contributed by atoms with Crippen LogP contribution in [0, 0.1) is 24.6 Å². The highest BCUT2D eigenvalue weighted by Gasteiger charge is 2.30. The van der Waals surface area contributed by atoms with Crippen LogP contribution < -0.4 is 4.72 Å². The number of nitrogens with zero attached hydrogens (tertiary/aromatic N) is 2. The molecule has 1 unspecified atom stereocenters. The lowest BCUT2D eigenvalue weighted by Crippen LogP contribution is -2.22. The van der Waals surface area contributed by atoms with Crippen LogP contribution in [0.3, 0.4) is 0 Å². The van der Waals surface area contributed by atoms with E-state index in [1.807, 2.05) is 18.2 Å². The third-order valence-electron chi connectivity index (χ3n) is 6.32. The van der Waals surface area contributed by atoms with Gasteiger partial charge in [0.2, 0.25) is 5.95 Å². The fraction of sp³-hybridized carbons (Fsp3) is 0.320. The number of rotatable bonds is 7. The summed E-state index contributed by atoms with van der Waals surface area (Å²) in [6.07, 6.45) is 1.00. The predicted molar refractivity (Wildman–Crippen MR) is 124 cm³/mol. The largest absolute Gasteiger partial charge is 0.299 e. The summed E-state index contributed by atoms with van der Waals surface area (Å²) in [6.45, 7) is 6.63. The summed E-state index contributed by atoms with van der Waals surface area (Å²) in [5.74, 6) is -1.42. The highest BCUT2D eigenvalue weighted by Crippen LogP contribution is 2.35. The van der Waals surface area contributed by atoms with Crippen molar-refractivity contribution in [3.05, 3.63) is 89.1 Å². The molecular weight excluding hydrogens is 444 g/mol. The average molecular weight is 472 g/mol. The zero-order chi connectivity index (χ0) is 23.6. The molecule has 5 nitrogen and oxygen atoms in total. The van der Waals surface area contributed by atoms with E-state index >= 15 is 0 Å². The average Bonchev–Trinajstić information content (AvgIpc) is 3.23. The molecule has 8 heteroatoms. The summed E-state index contributed by atoms with van der Waals surface area (Å²) in [4.78, 5) is 5.41. The van der Waals surface area contributed by atoms with Crippen LogP contribution in [0.15, 0.2) is 65.6 Å². The van der Waals surface area contributed by atoms with Crippen LogP contribution in [0.4, 0.5) is 14.6 Å². The van der Waals surface area contributed by atoms with Crippen molar-refractivity contribution in [3.8, 4) is 0 Å². The maximum Gasteiger partial charge on any atom is 0.265 e. The van der Waals surface area contributed by atoms with Gasteiger partial charge in [0.25, 0.3) is 10.0 Å². The van der Waals surface area contributed by atoms with Crippen LogP contribution in [0.25, 0.3) is 0 Å². The molecule has 174 valence electrons. The molecule has 1 N–H and O–H groups in total. The van der Waals surface area contributed by atoms with Crippen LogP contribution >= 0.6 is 0 Å². The SMILES string of the molecule is Cc1cc(S(=O)(=O)Nc2cccc(F)n2)c(F)cc1C(C)[C@H]1CCN(Cc2ccccc2)C1. The normalized spacial score (nSPS) is 17.8. The Labute approximate surface area is 193 Å². The molecular formula is C25H27F2N3O2S. The van der Waals surface area contributed by atoms with E-state index < -0.39 is 26.7 Å². The maximum absolute atomic E-state index is 15.0. The van der Waals surface area contributed by atoms with Gasteiger partial charge < -0.3 is 0 Å². The molecule has 2 atom stereocenters. The number of pyridine rings is 1. The Morgan fingerprint density at radius 2 is 1.88 bits per heavy atom. The molecule has 0 spiro atoms. The van der Waals surface area contributed by atoms with E-state index in [9.17, 15) is 17.2 Å². The first-order valence-electron chi connectivity index (χ1n) is 10.9. The summed E-state index contributed by atoms with van der Waals surface area (Å²) >= 11 is 0. The number of benzene rings is 2. The monoisotopic (exact) mass is 471 g/mol. The number of sulfonamides is 1. The second-order valence-electron chi connectivity index (χ2n) is 8.65. The Bertz CT molecular complexity index is 1240. The van der Waals surface area contributed by atoms with Crippen molar-refractivity contribution >= 4 is 15.8 Å². The number of hydrogen-bond donors (Lipinski definition) is 1. The van der Waals surface area contributed by atoms with Crippen LogP contribution in [-0.2, 0) is 16.6 Å². The molecule has 0 aliphatic carbocycles. The second kappa shape index (κ2) is 9.57. The highest BCUT2D eigenvalue weighted by molar-refractivity contribution is 7.92. The second-order valence-corrected chi connectivity index (χ2v) is 10.3. The van der Waals surface area contributed by atoms with Crippen LogP contribution in [-0.4, -0.2) is 31.4 Å². The van der Waals surface area contributed by atoms with Gasteiger partial charge in [-0.2, -0.15) is 4.39 Å². The Morgan fingerprint density at radius 1 is 1.12 bits per heavy atom. The van der Waals surface area contributed by atoms with Gasteiger partial charge in [-0.1, -0.05) is 43.3 Å². The van der Waals surface area contributed by atoms with E-state index in [1.165, 1.54) is 29.8 Å². The van der Waals surface area contributed by atoms with Gasteiger partial charge in [0.1, 0.15) is 16.5 Å². The summed E-state index contributed by atoms with van der Waals surface area (Å²) in [6, 6.07) is 16.7. The fourth-order valence-corrected chi connectivity index (χ4v) is 5.68. The van der Waals surface area contributed by atoms with Crippen LogP contribution in [0.5, 0.6) is 0 Å². The van der Waals surface area contributed by atoms with Crippen molar-refractivity contribution in [3.63, 3.8) is 0 Å². The van der Waals surface area contributed by atoms with E-state index in [1.54, 1.807) is 6.92 Å². The minimum Gasteiger partial charge on any atom is -0.299 e. The van der Waals surface area contributed by atoms with Crippen molar-refractivity contribution in [1.29, 1.82) is 0 Å². The van der Waals surface area contributed by atoms with Gasteiger partial charge in [-0.25, -0.2) is 17.8 Å². The molecule has 1 fully saturated rings. The lowest BCUT2D eigenvalue weighted by atomic mass is 9.85. The lowest BCUT2D eigenvalue weighted by Gasteiger charge is -2.23. The number of likely N-dealkylation sites (tertiary alicyclic amines) is 1. The molecule has 0 amide bonds. The van der Waals surface area contributed by atoms with Gasteiger partial charge in [-0.3, -0.25) is 9.62 Å². The van der Waals surface area contributed by atoms with E-state index in [4.69, 9.17) is 0 Å². The standard InChI is InChI=1S/C25H27F2N3O2S/c1-17-13-23(33(31,32)29-25-10-6-9-24(27)28-25)22(26)14-21(17)18(2)20-11-12-30(16-20)15-19-7-4-3-5-8-19/h3-10,13-14,18,20H,11-12,15-16H2,1-2H3,(H,28,29)/t18?,20-/m0/s1. The molecule has 3 aromatic rings. The minimum atomic E-state index is -4.25. The number of hydrogen-bond acceptors (Lipinski definition) is 4. The molecule has 1 aliphatic rings. The third kappa shape index (κ3) is 5.39. The van der Waals surface area contributed by atoms with Crippen molar-refractivity contribution in [2.45, 2.75) is 37.6 Å². The first-order chi connectivity index (χ1) is 15.7. The minimum absolute atomic E-state index is 0.0786. The molecule has 2 aromatic carbocycles. The zero-order valence-electron chi connectivity index (χ0n) is 18.6. The number of aryl methyl sites for hydroxylation is 1. The summed E-state index contributed by atoms with van der Waals surface area (Å²) in [7, 11) is -4.25. The quantitative estimate of drug-likeness (QED) is 0.488. The molecule has 0 saturated carbocycles. The van der Waals surface area contributed by atoms with E-state index in [-0.39, 0.29) is 11.7 Å². The molecule has 2 heterocycles. The maximum atomic E-state index is 15.0. The molecule has 1 aromatic heterocycles. The first-order valence-corrected chi connectivity index (χ1v) is 12.4. The van der Waals surface area contributed by atoms with Crippen molar-refractivity contribution < 1.29 is 17.2 Å². The number of nitrogens with one attached hydrogen (secondary N) is 1. The predicted octanol–water partition coefficient (Wildman–Crippen LogP) is 5.09. The van der Waals surface area contributed by atoms with E-state index in [2.05, 4.69) is 33.7 Å². The van der Waals surface area contributed by atoms with Gasteiger partial charge >= 0.3 is 0 Å². The first kappa shape index (κ1) is 23.3. The van der Waals surface area contributed by atoms with Crippen LogP contribution in [0.1, 0.15) is 36.0 Å². The van der Waals surface area contributed by atoms with E-state index in [0.717, 1.165) is 37.7 Å². The molecule has 4 rings (SSSR count). The smallest absolute Gasteiger partial charge is 0.265 e. The third-order valence-corrected chi connectivity index (χ3v) is 7.69. The molecule has 0 bridgehead atoms. The van der Waals surface area contributed by atoms with E-state index in [0.29, 0.717) is 11.5 Å². The topological polar surface area (TPSA) is 62.3 Å². The van der Waals surface area contributed by atoms with Gasteiger partial charge in [-0.15, -0.1) is 0 Å². The highest BCUT2D eigenvalue weighted by atomic mass is 32.2. The molecule has 0 radical (unpaired) electrons. The Morgan fingerprint density at radius 3 is 2.61 bits per heavy atom. The van der Waals surface area contributed by atoms with Gasteiger partial charge in [0, 0.05) is 13.1 Å². The lowest BCUT2D eigenvalue weighted by molar-refractivity contribution is 0.308. The summed E-state index contributed by atoms with van der Waals surface area (Å²) in [5, 5.41) is 0. The Hall–Kier alpha value is -2.84. The number of aromatic nitrogens is 1. The summed E-state index contributed by atoms with van der Waals surface area (Å²) in [5.41, 5.74) is 2.78. The Balaban J connectivity index is 1.50. The van der Waals surface area contributed by atoms with Gasteiger partial charge in [0.05, 0.1) is 0 Å². The van der Waals surface area contributed by atoms with Crippen molar-refractivity contribution in [2.24, 2.45) is 5.92 Å². The number of anilines is 1. The molecule has 1 aliphatic heterocycles. The van der Waals surface area contributed by atoms with Crippen molar-refractivity contribution in [1.82, 2.24) is 9.88 Å². The summed E-state index contributed by atoms with van der Waals surface area (Å²) < 4.78 is 55.9. The van der Waals surface area contributed by atoms with Gasteiger partial charge in [0.15, 0.2) is 0 Å². The number of halogens is 2. The zero-order valence-corrected chi connectivity index (χ0v) is 19.4. The molecule has 1 saturated heterocycles. The van der Waals surface area contributed by atoms with Crippen LogP contribution in [0.2, 0.25) is 0 Å². The molecule has 33 heavy (non-hydrogen) atoms. The van der Waals surface area contributed by atoms with Gasteiger partial charge in [-0.05, 0) is 72.7 Å².